The van der Waals surface area contributed by atoms with Crippen LogP contribution < -0.4 is 21.3 Å². The molecule has 2 aliphatic rings. The van der Waals surface area contributed by atoms with Crippen molar-refractivity contribution in [3.8, 4) is 0 Å². The lowest BCUT2D eigenvalue weighted by Crippen LogP contribution is -2.10. The van der Waals surface area contributed by atoms with E-state index in [-0.39, 0.29) is 0 Å². The zero-order valence-corrected chi connectivity index (χ0v) is 20.2. The van der Waals surface area contributed by atoms with Crippen LogP contribution in [0.4, 0.5) is 23.1 Å². The van der Waals surface area contributed by atoms with E-state index in [2.05, 4.69) is 62.6 Å². The summed E-state index contributed by atoms with van der Waals surface area (Å²) in [7, 11) is 0. The first kappa shape index (κ1) is 21.3. The minimum atomic E-state index is -1.65. The standard InChI is InChI=1S/C22H23ClN7PS/c1-31(2,32)20-6-4-3-5-19(20)28-21-18(23)12-25-22(29-21)27-16-11-26-30(13-16)17-7-14-9-24-10-15(14)8-17/h3-8,11-14,24H,9-10H2,1-2H3,(H2,25,27,28,29). The van der Waals surface area contributed by atoms with Crippen LogP contribution in [0, 0.1) is 5.92 Å². The Morgan fingerprint density at radius 3 is 2.88 bits per heavy atom. The summed E-state index contributed by atoms with van der Waals surface area (Å²) < 4.78 is 1.87. The van der Waals surface area contributed by atoms with Crippen molar-refractivity contribution in [2.24, 2.45) is 5.92 Å². The average Bonchev–Trinajstić information content (AvgIpc) is 3.46. The molecule has 32 heavy (non-hydrogen) atoms. The van der Waals surface area contributed by atoms with E-state index in [9.17, 15) is 0 Å². The van der Waals surface area contributed by atoms with E-state index < -0.39 is 6.04 Å². The van der Waals surface area contributed by atoms with E-state index >= 15 is 0 Å². The zero-order valence-electron chi connectivity index (χ0n) is 17.7. The molecule has 1 unspecified atom stereocenters. The van der Waals surface area contributed by atoms with Crippen molar-refractivity contribution in [3.05, 3.63) is 65.6 Å². The molecule has 164 valence electrons. The number of nitrogens with one attached hydrogen (secondary N) is 3. The van der Waals surface area contributed by atoms with Crippen LogP contribution in [0.3, 0.4) is 0 Å². The second-order valence-corrected chi connectivity index (χ2v) is 14.6. The van der Waals surface area contributed by atoms with E-state index in [4.69, 9.17) is 23.4 Å². The molecule has 5 rings (SSSR count). The quantitative estimate of drug-likeness (QED) is 0.454. The van der Waals surface area contributed by atoms with Gasteiger partial charge in [0, 0.05) is 30.0 Å². The Balaban J connectivity index is 1.36. The van der Waals surface area contributed by atoms with Crippen LogP contribution >= 0.6 is 17.6 Å². The van der Waals surface area contributed by atoms with Gasteiger partial charge in [0.15, 0.2) is 5.82 Å². The zero-order chi connectivity index (χ0) is 22.3. The molecule has 1 atom stereocenters. The molecular formula is C22H23ClN7PS. The van der Waals surface area contributed by atoms with Crippen molar-refractivity contribution in [2.75, 3.05) is 37.1 Å². The number of hydrogen-bond donors (Lipinski definition) is 3. The summed E-state index contributed by atoms with van der Waals surface area (Å²) in [6, 6.07) is 6.38. The van der Waals surface area contributed by atoms with Gasteiger partial charge in [0.1, 0.15) is 5.02 Å². The molecule has 0 radical (unpaired) electrons. The number of fused-ring (bicyclic) bond motifs is 1. The number of halogens is 1. The first-order valence-electron chi connectivity index (χ1n) is 10.3. The van der Waals surface area contributed by atoms with Gasteiger partial charge in [0.2, 0.25) is 5.95 Å². The Morgan fingerprint density at radius 2 is 2.06 bits per heavy atom. The van der Waals surface area contributed by atoms with Gasteiger partial charge in [-0.2, -0.15) is 10.1 Å². The second kappa shape index (κ2) is 8.45. The predicted octanol–water partition coefficient (Wildman–Crippen LogP) is 4.18. The van der Waals surface area contributed by atoms with Gasteiger partial charge in [-0.1, -0.05) is 47.7 Å². The lowest BCUT2D eigenvalue weighted by molar-refractivity contribution is 0.779. The van der Waals surface area contributed by atoms with E-state index in [0.717, 1.165) is 35.5 Å². The van der Waals surface area contributed by atoms with Crippen LogP contribution in [0.15, 0.2) is 60.6 Å². The third-order valence-corrected chi connectivity index (χ3v) is 7.88. The molecule has 3 aromatic rings. The van der Waals surface area contributed by atoms with Crippen molar-refractivity contribution in [1.29, 1.82) is 0 Å². The van der Waals surface area contributed by atoms with E-state index in [1.807, 2.05) is 29.1 Å². The summed E-state index contributed by atoms with van der Waals surface area (Å²) in [5, 5.41) is 16.0. The number of para-hydroxylation sites is 1. The molecule has 1 saturated heterocycles. The summed E-state index contributed by atoms with van der Waals surface area (Å²) in [4.78, 5) is 8.90. The van der Waals surface area contributed by atoms with Gasteiger partial charge in [-0.3, -0.25) is 0 Å². The van der Waals surface area contributed by atoms with Crippen molar-refractivity contribution in [3.63, 3.8) is 0 Å². The highest BCUT2D eigenvalue weighted by Crippen LogP contribution is 2.39. The molecule has 1 aromatic carbocycles. The number of allylic oxidation sites excluding steroid dienone is 2. The molecule has 2 aromatic heterocycles. The minimum Gasteiger partial charge on any atom is -0.338 e. The maximum absolute atomic E-state index is 6.38. The van der Waals surface area contributed by atoms with Crippen molar-refractivity contribution in [1.82, 2.24) is 25.1 Å². The summed E-state index contributed by atoms with van der Waals surface area (Å²) >= 11 is 12.1. The van der Waals surface area contributed by atoms with Crippen LogP contribution in [0.1, 0.15) is 0 Å². The molecule has 0 spiro atoms. The lowest BCUT2D eigenvalue weighted by Gasteiger charge is -2.17. The maximum atomic E-state index is 6.38. The number of anilines is 4. The Morgan fingerprint density at radius 1 is 1.22 bits per heavy atom. The van der Waals surface area contributed by atoms with Gasteiger partial charge < -0.3 is 16.0 Å². The topological polar surface area (TPSA) is 79.7 Å². The molecular weight excluding hydrogens is 461 g/mol. The van der Waals surface area contributed by atoms with Crippen LogP contribution in [0.5, 0.6) is 0 Å². The average molecular weight is 484 g/mol. The van der Waals surface area contributed by atoms with Crippen molar-refractivity contribution in [2.45, 2.75) is 0 Å². The van der Waals surface area contributed by atoms with Gasteiger partial charge in [0.05, 0.1) is 30.0 Å². The SMILES string of the molecule is CP(C)(=S)c1ccccc1Nc1nc(Nc2cnn(C3=CC4CNCC4=C3)c2)ncc1Cl. The predicted molar refractivity (Wildman–Crippen MR) is 137 cm³/mol. The number of aromatic nitrogens is 4. The number of benzene rings is 1. The van der Waals surface area contributed by atoms with E-state index in [1.165, 1.54) is 5.57 Å². The van der Waals surface area contributed by atoms with Crippen LogP contribution in [-0.4, -0.2) is 46.2 Å². The normalized spacial score (nSPS) is 17.7. The summed E-state index contributed by atoms with van der Waals surface area (Å²) in [5.41, 5.74) is 4.21. The molecule has 10 heteroatoms. The monoisotopic (exact) mass is 483 g/mol. The van der Waals surface area contributed by atoms with Gasteiger partial charge in [0.25, 0.3) is 0 Å². The van der Waals surface area contributed by atoms with Crippen LogP contribution in [-0.2, 0) is 11.8 Å². The summed E-state index contributed by atoms with van der Waals surface area (Å²) in [6.07, 6.45) is 9.72. The second-order valence-electron chi connectivity index (χ2n) is 8.23. The Kier molecular flexibility index (Phi) is 5.63. The van der Waals surface area contributed by atoms with E-state index in [0.29, 0.717) is 22.7 Å². The van der Waals surface area contributed by atoms with Crippen LogP contribution in [0.25, 0.3) is 5.70 Å². The smallest absolute Gasteiger partial charge is 0.229 e. The van der Waals surface area contributed by atoms with Gasteiger partial charge in [-0.25, -0.2) is 9.67 Å². The van der Waals surface area contributed by atoms with E-state index in [1.54, 1.807) is 12.4 Å². The highest BCUT2D eigenvalue weighted by Gasteiger charge is 2.24. The Hall–Kier alpha value is -2.51. The maximum Gasteiger partial charge on any atom is 0.229 e. The number of rotatable bonds is 6. The molecule has 1 fully saturated rings. The molecule has 1 aliphatic carbocycles. The number of nitrogens with zero attached hydrogens (tertiary/aromatic N) is 4. The highest BCUT2D eigenvalue weighted by atomic mass is 35.5. The molecule has 3 N–H and O–H groups in total. The Bertz CT molecular complexity index is 1290. The van der Waals surface area contributed by atoms with Gasteiger partial charge >= 0.3 is 0 Å². The summed E-state index contributed by atoms with van der Waals surface area (Å²) in [5.74, 6) is 1.43. The fourth-order valence-electron chi connectivity index (χ4n) is 3.89. The van der Waals surface area contributed by atoms with Crippen LogP contribution in [0.2, 0.25) is 5.02 Å². The third-order valence-electron chi connectivity index (χ3n) is 5.46. The first-order chi connectivity index (χ1) is 15.4. The first-order valence-corrected chi connectivity index (χ1v) is 14.3. The number of hydrogen-bond acceptors (Lipinski definition) is 7. The fraction of sp³-hybridized carbons (Fsp3) is 0.227. The molecule has 3 heterocycles. The van der Waals surface area contributed by atoms with Gasteiger partial charge in [-0.15, -0.1) is 0 Å². The molecule has 0 bridgehead atoms. The molecule has 0 amide bonds. The van der Waals surface area contributed by atoms with Crippen molar-refractivity contribution < 1.29 is 0 Å². The highest BCUT2D eigenvalue weighted by molar-refractivity contribution is 8.17. The minimum absolute atomic E-state index is 0.432. The third kappa shape index (κ3) is 4.36. The van der Waals surface area contributed by atoms with Gasteiger partial charge in [-0.05, 0) is 37.1 Å². The fourth-order valence-corrected chi connectivity index (χ4v) is 5.67. The molecule has 0 saturated carbocycles. The van der Waals surface area contributed by atoms with Crippen molar-refractivity contribution >= 4 is 63.6 Å². The summed E-state index contributed by atoms with van der Waals surface area (Å²) in [6.45, 7) is 6.14. The lowest BCUT2D eigenvalue weighted by atomic mass is 10.1. The Labute approximate surface area is 197 Å². The largest absolute Gasteiger partial charge is 0.338 e. The molecule has 7 nitrogen and oxygen atoms in total. The molecule has 1 aliphatic heterocycles.